The zero-order chi connectivity index (χ0) is 19.4. The molecule has 2 aromatic carbocycles. The van der Waals surface area contributed by atoms with E-state index in [9.17, 15) is 14.9 Å². The third kappa shape index (κ3) is 4.55. The van der Waals surface area contributed by atoms with E-state index in [0.29, 0.717) is 17.4 Å². The van der Waals surface area contributed by atoms with E-state index in [1.807, 2.05) is 31.2 Å². The lowest BCUT2D eigenvalue weighted by molar-refractivity contribution is -0.384. The van der Waals surface area contributed by atoms with Crippen molar-refractivity contribution in [3.63, 3.8) is 0 Å². The first-order valence-corrected chi connectivity index (χ1v) is 8.37. The van der Waals surface area contributed by atoms with Crippen molar-refractivity contribution in [1.29, 1.82) is 0 Å². The van der Waals surface area contributed by atoms with Crippen LogP contribution in [0.4, 0.5) is 11.4 Å². The molecule has 0 spiro atoms. The van der Waals surface area contributed by atoms with Crippen LogP contribution in [-0.2, 0) is 11.2 Å². The molecule has 27 heavy (non-hydrogen) atoms. The summed E-state index contributed by atoms with van der Waals surface area (Å²) in [6, 6.07) is 12.1. The summed E-state index contributed by atoms with van der Waals surface area (Å²) in [6.07, 6.45) is 0.399. The third-order valence-corrected chi connectivity index (χ3v) is 4.05. The van der Waals surface area contributed by atoms with Crippen molar-refractivity contribution in [1.82, 2.24) is 10.1 Å². The van der Waals surface area contributed by atoms with Crippen LogP contribution in [0.5, 0.6) is 0 Å². The molecule has 0 aliphatic rings. The Bertz CT molecular complexity index is 980. The maximum absolute atomic E-state index is 12.2. The smallest absolute Gasteiger partial charge is 0.271 e. The maximum atomic E-state index is 12.2. The Labute approximate surface area is 155 Å². The molecule has 0 saturated heterocycles. The average molecular weight is 366 g/mol. The summed E-state index contributed by atoms with van der Waals surface area (Å²) in [6.45, 7) is 3.76. The van der Waals surface area contributed by atoms with Gasteiger partial charge in [0, 0.05) is 30.5 Å². The highest BCUT2D eigenvalue weighted by Gasteiger charge is 2.13. The van der Waals surface area contributed by atoms with Gasteiger partial charge in [0.2, 0.25) is 17.6 Å². The standard InChI is InChI=1S/C19H18N4O4/c1-12-3-6-14(7-4-12)19-21-18(27-22-19)10-9-17(24)20-16-11-15(23(25)26)8-5-13(16)2/h3-8,11H,9-10H2,1-2H3,(H,20,24). The summed E-state index contributed by atoms with van der Waals surface area (Å²) in [5.74, 6) is 0.546. The Balaban J connectivity index is 1.61. The first kappa shape index (κ1) is 18.2. The second kappa shape index (κ2) is 7.77. The van der Waals surface area contributed by atoms with Crippen molar-refractivity contribution < 1.29 is 14.2 Å². The molecule has 1 heterocycles. The molecule has 0 saturated carbocycles. The quantitative estimate of drug-likeness (QED) is 0.524. The van der Waals surface area contributed by atoms with Gasteiger partial charge in [0.25, 0.3) is 5.69 Å². The molecule has 8 nitrogen and oxygen atoms in total. The summed E-state index contributed by atoms with van der Waals surface area (Å²) in [4.78, 5) is 26.8. The molecule has 0 atom stereocenters. The Morgan fingerprint density at radius 1 is 1.19 bits per heavy atom. The number of nitrogens with zero attached hydrogens (tertiary/aromatic N) is 3. The van der Waals surface area contributed by atoms with E-state index in [1.54, 1.807) is 13.0 Å². The van der Waals surface area contributed by atoms with Gasteiger partial charge in [-0.05, 0) is 19.4 Å². The SMILES string of the molecule is Cc1ccc(-c2noc(CCC(=O)Nc3cc([N+](=O)[O-])ccc3C)n2)cc1. The molecule has 0 aliphatic carbocycles. The molecule has 0 aliphatic heterocycles. The highest BCUT2D eigenvalue weighted by atomic mass is 16.6. The Morgan fingerprint density at radius 2 is 1.93 bits per heavy atom. The fourth-order valence-electron chi connectivity index (χ4n) is 2.47. The fraction of sp³-hybridized carbons (Fsp3) is 0.211. The molecule has 3 rings (SSSR count). The highest BCUT2D eigenvalue weighted by Crippen LogP contribution is 2.22. The Morgan fingerprint density at radius 3 is 2.63 bits per heavy atom. The lowest BCUT2D eigenvalue weighted by Gasteiger charge is -2.07. The number of aryl methyl sites for hydroxylation is 3. The van der Waals surface area contributed by atoms with Crippen LogP contribution < -0.4 is 5.32 Å². The summed E-state index contributed by atoms with van der Waals surface area (Å²) in [5, 5.41) is 17.5. The van der Waals surface area contributed by atoms with E-state index >= 15 is 0 Å². The van der Waals surface area contributed by atoms with Gasteiger partial charge in [0.05, 0.1) is 10.6 Å². The number of amides is 1. The molecular formula is C19H18N4O4. The van der Waals surface area contributed by atoms with E-state index in [1.165, 1.54) is 12.1 Å². The average Bonchev–Trinajstić information content (AvgIpc) is 3.11. The van der Waals surface area contributed by atoms with Crippen LogP contribution in [0.3, 0.4) is 0 Å². The van der Waals surface area contributed by atoms with Gasteiger partial charge in [-0.2, -0.15) is 4.98 Å². The summed E-state index contributed by atoms with van der Waals surface area (Å²) < 4.78 is 5.19. The molecule has 0 radical (unpaired) electrons. The third-order valence-electron chi connectivity index (χ3n) is 4.05. The molecule has 3 aromatic rings. The number of rotatable bonds is 6. The van der Waals surface area contributed by atoms with Crippen molar-refractivity contribution in [2.24, 2.45) is 0 Å². The van der Waals surface area contributed by atoms with Crippen molar-refractivity contribution >= 4 is 17.3 Å². The number of benzene rings is 2. The minimum absolute atomic E-state index is 0.0736. The number of aromatic nitrogens is 2. The zero-order valence-corrected chi connectivity index (χ0v) is 14.9. The number of hydrogen-bond donors (Lipinski definition) is 1. The summed E-state index contributed by atoms with van der Waals surface area (Å²) in [7, 11) is 0. The number of nitro groups is 1. The minimum Gasteiger partial charge on any atom is -0.339 e. The van der Waals surface area contributed by atoms with Crippen LogP contribution in [0.25, 0.3) is 11.4 Å². The van der Waals surface area contributed by atoms with Crippen molar-refractivity contribution in [3.05, 3.63) is 69.6 Å². The lowest BCUT2D eigenvalue weighted by Crippen LogP contribution is -2.13. The predicted molar refractivity (Wildman–Crippen MR) is 99.3 cm³/mol. The maximum Gasteiger partial charge on any atom is 0.271 e. The number of carbonyl (C=O) groups is 1. The van der Waals surface area contributed by atoms with Gasteiger partial charge in [-0.1, -0.05) is 41.1 Å². The van der Waals surface area contributed by atoms with E-state index in [4.69, 9.17) is 4.52 Å². The normalized spacial score (nSPS) is 10.6. The number of nitro benzene ring substituents is 1. The Hall–Kier alpha value is -3.55. The number of hydrogen-bond acceptors (Lipinski definition) is 6. The first-order valence-electron chi connectivity index (χ1n) is 8.37. The molecule has 138 valence electrons. The molecule has 8 heteroatoms. The van der Waals surface area contributed by atoms with Gasteiger partial charge in [-0.15, -0.1) is 0 Å². The fourth-order valence-corrected chi connectivity index (χ4v) is 2.47. The second-order valence-electron chi connectivity index (χ2n) is 6.18. The van der Waals surface area contributed by atoms with Gasteiger partial charge in [0.1, 0.15) is 0 Å². The van der Waals surface area contributed by atoms with Crippen LogP contribution in [0.1, 0.15) is 23.4 Å². The number of nitrogens with one attached hydrogen (secondary N) is 1. The van der Waals surface area contributed by atoms with E-state index in [0.717, 1.165) is 16.7 Å². The molecule has 1 amide bonds. The molecule has 1 aromatic heterocycles. The predicted octanol–water partition coefficient (Wildman–Crippen LogP) is 3.83. The van der Waals surface area contributed by atoms with Gasteiger partial charge in [-0.3, -0.25) is 14.9 Å². The lowest BCUT2D eigenvalue weighted by atomic mass is 10.1. The summed E-state index contributed by atoms with van der Waals surface area (Å²) >= 11 is 0. The minimum atomic E-state index is -0.500. The molecule has 0 bridgehead atoms. The van der Waals surface area contributed by atoms with Crippen molar-refractivity contribution in [2.45, 2.75) is 26.7 Å². The van der Waals surface area contributed by atoms with Gasteiger partial charge in [0.15, 0.2) is 0 Å². The largest absolute Gasteiger partial charge is 0.339 e. The first-order chi connectivity index (χ1) is 12.9. The number of anilines is 1. The highest BCUT2D eigenvalue weighted by molar-refractivity contribution is 5.91. The van der Waals surface area contributed by atoms with Crippen LogP contribution in [0, 0.1) is 24.0 Å². The number of non-ortho nitro benzene ring substituents is 1. The van der Waals surface area contributed by atoms with Crippen molar-refractivity contribution in [2.75, 3.05) is 5.32 Å². The van der Waals surface area contributed by atoms with Crippen LogP contribution >= 0.6 is 0 Å². The van der Waals surface area contributed by atoms with Crippen LogP contribution in [0.15, 0.2) is 47.0 Å². The van der Waals surface area contributed by atoms with Crippen molar-refractivity contribution in [3.8, 4) is 11.4 Å². The topological polar surface area (TPSA) is 111 Å². The summed E-state index contributed by atoms with van der Waals surface area (Å²) in [5.41, 5.74) is 3.06. The molecule has 0 unspecified atom stereocenters. The van der Waals surface area contributed by atoms with Gasteiger partial charge in [-0.25, -0.2) is 0 Å². The molecule has 1 N–H and O–H groups in total. The van der Waals surface area contributed by atoms with E-state index < -0.39 is 4.92 Å². The van der Waals surface area contributed by atoms with Gasteiger partial charge >= 0.3 is 0 Å². The molecule has 0 fully saturated rings. The monoisotopic (exact) mass is 366 g/mol. The van der Waals surface area contributed by atoms with Crippen LogP contribution in [-0.4, -0.2) is 21.0 Å². The zero-order valence-electron chi connectivity index (χ0n) is 14.9. The van der Waals surface area contributed by atoms with Gasteiger partial charge < -0.3 is 9.84 Å². The number of carbonyl (C=O) groups excluding carboxylic acids is 1. The van der Waals surface area contributed by atoms with E-state index in [-0.39, 0.29) is 24.4 Å². The molecular weight excluding hydrogens is 348 g/mol. The van der Waals surface area contributed by atoms with E-state index in [2.05, 4.69) is 15.5 Å². The Kier molecular flexibility index (Phi) is 5.25. The van der Waals surface area contributed by atoms with Crippen LogP contribution in [0.2, 0.25) is 0 Å². The second-order valence-corrected chi connectivity index (χ2v) is 6.18.